The molecule has 2 aromatic rings. The van der Waals surface area contributed by atoms with E-state index < -0.39 is 11.9 Å². The van der Waals surface area contributed by atoms with Crippen LogP contribution in [-0.4, -0.2) is 71.2 Å². The fourth-order valence-electron chi connectivity index (χ4n) is 5.86. The van der Waals surface area contributed by atoms with Gasteiger partial charge in [-0.25, -0.2) is 4.39 Å². The summed E-state index contributed by atoms with van der Waals surface area (Å²) in [6.45, 7) is 14.4. The van der Waals surface area contributed by atoms with E-state index in [1.807, 2.05) is 31.2 Å². The molecule has 8 heteroatoms. The van der Waals surface area contributed by atoms with E-state index in [2.05, 4.69) is 34.7 Å². The van der Waals surface area contributed by atoms with Gasteiger partial charge >= 0.3 is 0 Å². The van der Waals surface area contributed by atoms with Crippen molar-refractivity contribution < 1.29 is 18.8 Å². The van der Waals surface area contributed by atoms with Crippen LogP contribution in [-0.2, 0) is 22.7 Å². The molecule has 0 spiro atoms. The standard InChI is InChI=1S/C31H35FN4O3/c1-20(17-34-12-14-35(15-13-34)18-23-4-6-24(32)7-5-23)16-21(2)25-8-9-26-27(22(25)3)19-36(31(26)39)28-10-11-29(37)33-30(28)38/h4-9,16,28H,2,10-15,17-19H2,1,3H3,(H,33,37,38)/b20-16+. The largest absolute Gasteiger partial charge is 0.322 e. The molecule has 1 unspecified atom stereocenters. The maximum absolute atomic E-state index is 13.2. The zero-order valence-electron chi connectivity index (χ0n) is 22.6. The molecule has 3 amide bonds. The highest BCUT2D eigenvalue weighted by atomic mass is 19.1. The first-order chi connectivity index (χ1) is 18.7. The Kier molecular flexibility index (Phi) is 7.77. The first-order valence-corrected chi connectivity index (χ1v) is 13.5. The number of piperazine rings is 1. The average Bonchev–Trinajstić information content (AvgIpc) is 3.23. The second-order valence-corrected chi connectivity index (χ2v) is 10.9. The van der Waals surface area contributed by atoms with E-state index in [1.54, 1.807) is 4.90 Å². The van der Waals surface area contributed by atoms with Crippen molar-refractivity contribution in [3.05, 3.63) is 88.3 Å². The Morgan fingerprint density at radius 3 is 2.44 bits per heavy atom. The van der Waals surface area contributed by atoms with Crippen molar-refractivity contribution in [2.45, 2.75) is 45.8 Å². The summed E-state index contributed by atoms with van der Waals surface area (Å²) < 4.78 is 13.2. The lowest BCUT2D eigenvalue weighted by molar-refractivity contribution is -0.136. The summed E-state index contributed by atoms with van der Waals surface area (Å²) in [5.74, 6) is -1.05. The van der Waals surface area contributed by atoms with E-state index >= 15 is 0 Å². The van der Waals surface area contributed by atoms with Gasteiger partial charge in [0.05, 0.1) is 0 Å². The molecule has 204 valence electrons. The molecule has 1 N–H and O–H groups in total. The number of fused-ring (bicyclic) bond motifs is 1. The number of piperidine rings is 1. The van der Waals surface area contributed by atoms with Crippen LogP contribution in [0.4, 0.5) is 4.39 Å². The molecule has 1 atom stereocenters. The molecule has 2 aromatic carbocycles. The predicted molar refractivity (Wildman–Crippen MR) is 148 cm³/mol. The third-order valence-corrected chi connectivity index (χ3v) is 8.03. The minimum atomic E-state index is -0.619. The molecule has 3 aliphatic rings. The lowest BCUT2D eigenvalue weighted by Gasteiger charge is -2.35. The highest BCUT2D eigenvalue weighted by molar-refractivity contribution is 6.05. The Labute approximate surface area is 229 Å². The average molecular weight is 531 g/mol. The molecule has 0 saturated carbocycles. The van der Waals surface area contributed by atoms with Gasteiger partial charge in [0, 0.05) is 57.8 Å². The molecule has 0 radical (unpaired) electrons. The van der Waals surface area contributed by atoms with Crippen molar-refractivity contribution >= 4 is 23.3 Å². The predicted octanol–water partition coefficient (Wildman–Crippen LogP) is 3.67. The quantitative estimate of drug-likeness (QED) is 0.437. The number of halogens is 1. The Balaban J connectivity index is 1.19. The van der Waals surface area contributed by atoms with Gasteiger partial charge in [-0.05, 0) is 66.3 Å². The number of benzene rings is 2. The monoisotopic (exact) mass is 530 g/mol. The van der Waals surface area contributed by atoms with E-state index in [1.165, 1.54) is 17.7 Å². The SMILES string of the molecule is C=C(/C=C(\C)CN1CCN(Cc2ccc(F)cc2)CC1)c1ccc2c(c1C)CN(C1CCC(=O)NC1=O)C2=O. The van der Waals surface area contributed by atoms with Gasteiger partial charge in [0.1, 0.15) is 11.9 Å². The lowest BCUT2D eigenvalue weighted by atomic mass is 9.93. The van der Waals surface area contributed by atoms with Crippen LogP contribution in [0.5, 0.6) is 0 Å². The smallest absolute Gasteiger partial charge is 0.255 e. The second kappa shape index (κ2) is 11.2. The number of rotatable bonds is 7. The lowest BCUT2D eigenvalue weighted by Crippen LogP contribution is -2.52. The third-order valence-electron chi connectivity index (χ3n) is 8.03. The van der Waals surface area contributed by atoms with Crippen LogP contribution in [0.2, 0.25) is 0 Å². The number of nitrogens with one attached hydrogen (secondary N) is 1. The van der Waals surface area contributed by atoms with Crippen LogP contribution in [0, 0.1) is 12.7 Å². The van der Waals surface area contributed by atoms with Crippen LogP contribution in [0.25, 0.3) is 5.57 Å². The second-order valence-electron chi connectivity index (χ2n) is 10.9. The van der Waals surface area contributed by atoms with Gasteiger partial charge in [-0.15, -0.1) is 0 Å². The third kappa shape index (κ3) is 5.87. The van der Waals surface area contributed by atoms with E-state index in [9.17, 15) is 18.8 Å². The molecule has 7 nitrogen and oxygen atoms in total. The first-order valence-electron chi connectivity index (χ1n) is 13.5. The van der Waals surface area contributed by atoms with Crippen molar-refractivity contribution in [3.63, 3.8) is 0 Å². The fourth-order valence-corrected chi connectivity index (χ4v) is 5.86. The highest BCUT2D eigenvalue weighted by Crippen LogP contribution is 2.33. The van der Waals surface area contributed by atoms with Gasteiger partial charge < -0.3 is 4.90 Å². The van der Waals surface area contributed by atoms with Crippen LogP contribution in [0.3, 0.4) is 0 Å². The molecule has 0 aliphatic carbocycles. The van der Waals surface area contributed by atoms with Crippen molar-refractivity contribution in [1.29, 1.82) is 0 Å². The van der Waals surface area contributed by atoms with Crippen molar-refractivity contribution in [3.8, 4) is 0 Å². The highest BCUT2D eigenvalue weighted by Gasteiger charge is 2.39. The minimum absolute atomic E-state index is 0.162. The number of nitrogens with zero attached hydrogens (tertiary/aromatic N) is 3. The van der Waals surface area contributed by atoms with Crippen molar-refractivity contribution in [2.75, 3.05) is 32.7 Å². The molecule has 0 aromatic heterocycles. The van der Waals surface area contributed by atoms with E-state index in [0.29, 0.717) is 18.5 Å². The van der Waals surface area contributed by atoms with E-state index in [4.69, 9.17) is 0 Å². The van der Waals surface area contributed by atoms with Crippen LogP contribution in [0.1, 0.15) is 52.4 Å². The zero-order valence-corrected chi connectivity index (χ0v) is 22.6. The summed E-state index contributed by atoms with van der Waals surface area (Å²) in [6.07, 6.45) is 2.71. The fraction of sp³-hybridized carbons (Fsp3) is 0.387. The van der Waals surface area contributed by atoms with Gasteiger partial charge in [0.2, 0.25) is 11.8 Å². The van der Waals surface area contributed by atoms with Crippen LogP contribution >= 0.6 is 0 Å². The number of carbonyl (C=O) groups is 3. The van der Waals surface area contributed by atoms with Gasteiger partial charge in [0.25, 0.3) is 5.91 Å². The maximum atomic E-state index is 13.2. The molecule has 5 rings (SSSR count). The summed E-state index contributed by atoms with van der Waals surface area (Å²) >= 11 is 0. The van der Waals surface area contributed by atoms with Crippen LogP contribution in [0.15, 0.2) is 54.6 Å². The molecular weight excluding hydrogens is 495 g/mol. The molecule has 2 saturated heterocycles. The zero-order chi connectivity index (χ0) is 27.7. The molecule has 39 heavy (non-hydrogen) atoms. The summed E-state index contributed by atoms with van der Waals surface area (Å²) in [7, 11) is 0. The van der Waals surface area contributed by atoms with Crippen molar-refractivity contribution in [1.82, 2.24) is 20.0 Å². The van der Waals surface area contributed by atoms with Gasteiger partial charge in [0.15, 0.2) is 0 Å². The Bertz CT molecular complexity index is 1340. The summed E-state index contributed by atoms with van der Waals surface area (Å²) in [5.41, 5.74) is 6.78. The van der Waals surface area contributed by atoms with Crippen LogP contribution < -0.4 is 5.32 Å². The van der Waals surface area contributed by atoms with Gasteiger partial charge in [-0.1, -0.05) is 36.4 Å². The number of carbonyl (C=O) groups excluding carboxylic acids is 3. The summed E-state index contributed by atoms with van der Waals surface area (Å²) in [5, 5.41) is 2.36. The molecule has 0 bridgehead atoms. The molecular formula is C31H35FN4O3. The Hall–Kier alpha value is -3.62. The molecule has 3 heterocycles. The normalized spacial score (nSPS) is 20.8. The minimum Gasteiger partial charge on any atom is -0.322 e. The Morgan fingerprint density at radius 1 is 1.05 bits per heavy atom. The van der Waals surface area contributed by atoms with Gasteiger partial charge in [-0.2, -0.15) is 0 Å². The topological polar surface area (TPSA) is 73.0 Å². The molecule has 2 fully saturated rings. The van der Waals surface area contributed by atoms with Crippen molar-refractivity contribution in [2.24, 2.45) is 0 Å². The number of amides is 3. The Morgan fingerprint density at radius 2 is 1.74 bits per heavy atom. The number of allylic oxidation sites excluding steroid dienone is 2. The summed E-state index contributed by atoms with van der Waals surface area (Å²) in [6, 6.07) is 9.89. The molecule has 3 aliphatic heterocycles. The maximum Gasteiger partial charge on any atom is 0.255 e. The summed E-state index contributed by atoms with van der Waals surface area (Å²) in [4.78, 5) is 43.4. The van der Waals surface area contributed by atoms with E-state index in [0.717, 1.165) is 67.1 Å². The van der Waals surface area contributed by atoms with Gasteiger partial charge in [-0.3, -0.25) is 29.5 Å². The van der Waals surface area contributed by atoms with E-state index in [-0.39, 0.29) is 24.1 Å². The number of hydrogen-bond donors (Lipinski definition) is 1. The number of imide groups is 1. The first kappa shape index (κ1) is 27.0. The number of hydrogen-bond acceptors (Lipinski definition) is 5.